The van der Waals surface area contributed by atoms with Crippen molar-refractivity contribution < 1.29 is 14.6 Å². The van der Waals surface area contributed by atoms with E-state index >= 15 is 0 Å². The molecule has 2 aromatic heterocycles. The number of nitrogens with zero attached hydrogens (tertiary/aromatic N) is 3. The third-order valence-corrected chi connectivity index (χ3v) is 6.07. The summed E-state index contributed by atoms with van der Waals surface area (Å²) < 4.78 is 7.22. The predicted octanol–water partition coefficient (Wildman–Crippen LogP) is 3.73. The molecule has 3 aromatic rings. The Labute approximate surface area is 192 Å². The van der Waals surface area contributed by atoms with Crippen LogP contribution in [0.3, 0.4) is 0 Å². The van der Waals surface area contributed by atoms with E-state index < -0.39 is 0 Å². The molecule has 4 rings (SSSR count). The average Bonchev–Trinajstić information content (AvgIpc) is 3.25. The molecule has 166 valence electrons. The highest BCUT2D eigenvalue weighted by Crippen LogP contribution is 2.41. The standard InChI is InChI=1S/C24H26N4O3S/c1-4-31-21(30)14-27-23(22(26-24(27)32)18-9-7-8-12-25-18)17-13-15(2)28(16(17)3)19-10-5-6-11-20(19)29/h5-13,22-23,29H,4,14H2,1-3H3,(H,26,32)/t22-,23-/m0/s1. The van der Waals surface area contributed by atoms with Gasteiger partial charge in [0, 0.05) is 17.6 Å². The number of nitrogens with one attached hydrogen (secondary N) is 1. The van der Waals surface area contributed by atoms with E-state index in [1.165, 1.54) is 0 Å². The molecule has 7 nitrogen and oxygen atoms in total. The molecule has 1 aliphatic rings. The van der Waals surface area contributed by atoms with Crippen LogP contribution in [0.1, 0.15) is 41.7 Å². The van der Waals surface area contributed by atoms with Crippen LogP contribution in [0.4, 0.5) is 0 Å². The molecular formula is C24H26N4O3S. The average molecular weight is 451 g/mol. The summed E-state index contributed by atoms with van der Waals surface area (Å²) in [5.74, 6) is -0.136. The van der Waals surface area contributed by atoms with E-state index in [4.69, 9.17) is 17.0 Å². The monoisotopic (exact) mass is 450 g/mol. The molecule has 0 amide bonds. The van der Waals surface area contributed by atoms with Gasteiger partial charge in [-0.1, -0.05) is 18.2 Å². The van der Waals surface area contributed by atoms with Gasteiger partial charge in [-0.2, -0.15) is 0 Å². The van der Waals surface area contributed by atoms with Crippen LogP contribution < -0.4 is 5.32 Å². The van der Waals surface area contributed by atoms with Gasteiger partial charge in [-0.05, 0) is 68.9 Å². The van der Waals surface area contributed by atoms with Crippen molar-refractivity contribution in [2.24, 2.45) is 0 Å². The number of phenols is 1. The highest BCUT2D eigenvalue weighted by atomic mass is 32.1. The number of phenolic OH excluding ortho intramolecular Hbond substituents is 1. The van der Waals surface area contributed by atoms with E-state index in [2.05, 4.69) is 16.4 Å². The SMILES string of the molecule is CCOC(=O)CN1C(=S)N[C@@H](c2ccccn2)[C@@H]1c1cc(C)n(-c2ccccc2O)c1C. The first-order valence-electron chi connectivity index (χ1n) is 10.5. The number of aromatic nitrogens is 2. The van der Waals surface area contributed by atoms with Gasteiger partial charge in [-0.3, -0.25) is 9.78 Å². The summed E-state index contributed by atoms with van der Waals surface area (Å²) in [7, 11) is 0. The highest BCUT2D eigenvalue weighted by Gasteiger charge is 2.42. The van der Waals surface area contributed by atoms with Gasteiger partial charge < -0.3 is 24.6 Å². The van der Waals surface area contributed by atoms with Crippen LogP contribution in [0, 0.1) is 13.8 Å². The Hall–Kier alpha value is -3.39. The lowest BCUT2D eigenvalue weighted by Crippen LogP contribution is -2.35. The van der Waals surface area contributed by atoms with Crippen molar-refractivity contribution in [2.75, 3.05) is 13.2 Å². The van der Waals surface area contributed by atoms with Crippen LogP contribution in [-0.2, 0) is 9.53 Å². The number of rotatable bonds is 6. The van der Waals surface area contributed by atoms with Crippen LogP contribution in [-0.4, -0.2) is 43.8 Å². The van der Waals surface area contributed by atoms with Crippen molar-refractivity contribution in [1.82, 2.24) is 19.8 Å². The summed E-state index contributed by atoms with van der Waals surface area (Å²) in [6.45, 7) is 6.13. The molecule has 2 atom stereocenters. The molecule has 32 heavy (non-hydrogen) atoms. The van der Waals surface area contributed by atoms with Crippen molar-refractivity contribution in [1.29, 1.82) is 0 Å². The van der Waals surface area contributed by atoms with E-state index in [1.807, 2.05) is 53.6 Å². The van der Waals surface area contributed by atoms with Gasteiger partial charge in [-0.15, -0.1) is 0 Å². The molecule has 0 unspecified atom stereocenters. The Morgan fingerprint density at radius 3 is 2.66 bits per heavy atom. The van der Waals surface area contributed by atoms with Crippen molar-refractivity contribution in [2.45, 2.75) is 32.9 Å². The number of thiocarbonyl (C=S) groups is 1. The summed E-state index contributed by atoms with van der Waals surface area (Å²) in [6, 6.07) is 14.6. The van der Waals surface area contributed by atoms with Crippen molar-refractivity contribution in [3.8, 4) is 11.4 Å². The lowest BCUT2D eigenvalue weighted by Gasteiger charge is -2.27. The zero-order valence-corrected chi connectivity index (χ0v) is 19.1. The first-order valence-corrected chi connectivity index (χ1v) is 10.9. The number of aromatic hydroxyl groups is 1. The van der Waals surface area contributed by atoms with Crippen molar-refractivity contribution in [3.05, 3.63) is 77.4 Å². The van der Waals surface area contributed by atoms with Crippen LogP contribution in [0.15, 0.2) is 54.7 Å². The second-order valence-corrected chi connectivity index (χ2v) is 8.10. The molecule has 0 spiro atoms. The Bertz CT molecular complexity index is 1150. The number of benzene rings is 1. The highest BCUT2D eigenvalue weighted by molar-refractivity contribution is 7.80. The predicted molar refractivity (Wildman–Crippen MR) is 126 cm³/mol. The quantitative estimate of drug-likeness (QED) is 0.438. The zero-order valence-electron chi connectivity index (χ0n) is 18.3. The smallest absolute Gasteiger partial charge is 0.325 e. The maximum atomic E-state index is 12.4. The molecule has 0 saturated carbocycles. The van der Waals surface area contributed by atoms with E-state index in [1.54, 1.807) is 25.3 Å². The zero-order chi connectivity index (χ0) is 22.8. The maximum absolute atomic E-state index is 12.4. The molecule has 1 aliphatic heterocycles. The first-order chi connectivity index (χ1) is 15.4. The number of carbonyl (C=O) groups excluding carboxylic acids is 1. The van der Waals surface area contributed by atoms with Crippen LogP contribution >= 0.6 is 12.2 Å². The number of carbonyl (C=O) groups is 1. The number of ether oxygens (including phenoxy) is 1. The molecule has 1 saturated heterocycles. The second kappa shape index (κ2) is 9.00. The topological polar surface area (TPSA) is 79.6 Å². The number of pyridine rings is 1. The fourth-order valence-electron chi connectivity index (χ4n) is 4.37. The third kappa shape index (κ3) is 3.93. The number of para-hydroxylation sites is 2. The summed E-state index contributed by atoms with van der Waals surface area (Å²) in [5.41, 5.74) is 4.45. The van der Waals surface area contributed by atoms with Gasteiger partial charge in [0.05, 0.1) is 30.1 Å². The summed E-state index contributed by atoms with van der Waals surface area (Å²) in [6.07, 6.45) is 1.75. The normalized spacial score (nSPS) is 18.0. The molecule has 8 heteroatoms. The fourth-order valence-corrected chi connectivity index (χ4v) is 4.68. The van der Waals surface area contributed by atoms with E-state index in [0.717, 1.165) is 22.6 Å². The molecule has 2 N–H and O–H groups in total. The van der Waals surface area contributed by atoms with Crippen LogP contribution in [0.2, 0.25) is 0 Å². The number of hydrogen-bond donors (Lipinski definition) is 2. The molecule has 1 fully saturated rings. The Morgan fingerprint density at radius 1 is 1.22 bits per heavy atom. The van der Waals surface area contributed by atoms with Gasteiger partial charge in [0.2, 0.25) is 0 Å². The molecule has 3 heterocycles. The summed E-state index contributed by atoms with van der Waals surface area (Å²) in [5, 5.41) is 14.3. The Morgan fingerprint density at radius 2 is 1.97 bits per heavy atom. The largest absolute Gasteiger partial charge is 0.506 e. The van der Waals surface area contributed by atoms with Gasteiger partial charge in [0.15, 0.2) is 5.11 Å². The summed E-state index contributed by atoms with van der Waals surface area (Å²) in [4.78, 5) is 18.8. The van der Waals surface area contributed by atoms with E-state index in [0.29, 0.717) is 17.4 Å². The van der Waals surface area contributed by atoms with Crippen molar-refractivity contribution >= 4 is 23.3 Å². The van der Waals surface area contributed by atoms with E-state index in [-0.39, 0.29) is 30.3 Å². The number of esters is 1. The van der Waals surface area contributed by atoms with Crippen molar-refractivity contribution in [3.63, 3.8) is 0 Å². The van der Waals surface area contributed by atoms with Crippen LogP contribution in [0.25, 0.3) is 5.69 Å². The van der Waals surface area contributed by atoms with Gasteiger partial charge in [-0.25, -0.2) is 0 Å². The minimum absolute atomic E-state index is 0.0356. The van der Waals surface area contributed by atoms with Gasteiger partial charge in [0.1, 0.15) is 12.3 Å². The lowest BCUT2D eigenvalue weighted by molar-refractivity contribution is -0.143. The number of aryl methyl sites for hydroxylation is 1. The molecular weight excluding hydrogens is 424 g/mol. The number of hydrogen-bond acceptors (Lipinski definition) is 5. The van der Waals surface area contributed by atoms with Crippen LogP contribution in [0.5, 0.6) is 5.75 Å². The minimum Gasteiger partial charge on any atom is -0.506 e. The Balaban J connectivity index is 1.83. The molecule has 0 bridgehead atoms. The van der Waals surface area contributed by atoms with Gasteiger partial charge >= 0.3 is 5.97 Å². The maximum Gasteiger partial charge on any atom is 0.325 e. The third-order valence-electron chi connectivity index (χ3n) is 5.71. The second-order valence-electron chi connectivity index (χ2n) is 7.71. The molecule has 0 radical (unpaired) electrons. The Kier molecular flexibility index (Phi) is 6.14. The van der Waals surface area contributed by atoms with E-state index in [9.17, 15) is 9.90 Å². The minimum atomic E-state index is -0.335. The molecule has 1 aromatic carbocycles. The first kappa shape index (κ1) is 21.8. The summed E-state index contributed by atoms with van der Waals surface area (Å²) >= 11 is 5.63. The fraction of sp³-hybridized carbons (Fsp3) is 0.292. The van der Waals surface area contributed by atoms with Gasteiger partial charge in [0.25, 0.3) is 0 Å². The molecule has 0 aliphatic carbocycles. The lowest BCUT2D eigenvalue weighted by atomic mass is 9.97.